The zero-order chi connectivity index (χ0) is 8.81. The lowest BCUT2D eigenvalue weighted by atomic mass is 10.2. The first-order valence-electron chi connectivity index (χ1n) is 4.81. The van der Waals surface area contributed by atoms with Crippen LogP contribution in [0, 0.1) is 5.92 Å². The molecule has 0 amide bonds. The molecule has 2 nitrogen and oxygen atoms in total. The first-order chi connectivity index (χ1) is 5.84. The molecular weight excluding hydrogens is 170 g/mol. The second kappa shape index (κ2) is 5.84. The van der Waals surface area contributed by atoms with E-state index >= 15 is 0 Å². The number of aliphatic hydroxyl groups is 1. The molecule has 0 aliphatic heterocycles. The smallest absolute Gasteiger partial charge is 0.0692 e. The Morgan fingerprint density at radius 1 is 1.58 bits per heavy atom. The fourth-order valence-corrected chi connectivity index (χ4v) is 1.76. The molecule has 0 aromatic heterocycles. The van der Waals surface area contributed by atoms with Crippen LogP contribution in [-0.4, -0.2) is 35.8 Å². The van der Waals surface area contributed by atoms with Crippen molar-refractivity contribution in [1.82, 2.24) is 5.32 Å². The largest absolute Gasteiger partial charge is 0.392 e. The van der Waals surface area contributed by atoms with Gasteiger partial charge in [0, 0.05) is 18.8 Å². The van der Waals surface area contributed by atoms with Crippen molar-refractivity contribution in [3.63, 3.8) is 0 Å². The molecule has 12 heavy (non-hydrogen) atoms. The van der Waals surface area contributed by atoms with E-state index in [2.05, 4.69) is 12.2 Å². The van der Waals surface area contributed by atoms with Gasteiger partial charge in [0.05, 0.1) is 6.10 Å². The maximum atomic E-state index is 9.48. The van der Waals surface area contributed by atoms with Crippen LogP contribution in [-0.2, 0) is 0 Å². The van der Waals surface area contributed by atoms with Gasteiger partial charge in [0.15, 0.2) is 0 Å². The van der Waals surface area contributed by atoms with Gasteiger partial charge in [0.1, 0.15) is 0 Å². The van der Waals surface area contributed by atoms with E-state index in [0.717, 1.165) is 18.8 Å². The maximum absolute atomic E-state index is 9.48. The standard InChI is InChI=1S/C9H19NOS/c1-2-12-6-5-10-7-9(11)8-3-4-8/h8-11H,2-7H2,1H3. The lowest BCUT2D eigenvalue weighted by molar-refractivity contribution is 0.150. The third-order valence-corrected chi connectivity index (χ3v) is 3.05. The predicted octanol–water partition coefficient (Wildman–Crippen LogP) is 1.10. The molecule has 0 heterocycles. The van der Waals surface area contributed by atoms with Crippen molar-refractivity contribution in [2.24, 2.45) is 5.92 Å². The van der Waals surface area contributed by atoms with Gasteiger partial charge in [0.2, 0.25) is 0 Å². The van der Waals surface area contributed by atoms with Gasteiger partial charge in [-0.25, -0.2) is 0 Å². The van der Waals surface area contributed by atoms with Gasteiger partial charge in [-0.1, -0.05) is 6.92 Å². The second-order valence-corrected chi connectivity index (χ2v) is 4.70. The third kappa shape index (κ3) is 4.33. The van der Waals surface area contributed by atoms with E-state index in [1.807, 2.05) is 11.8 Å². The van der Waals surface area contributed by atoms with Crippen LogP contribution in [0.5, 0.6) is 0 Å². The van der Waals surface area contributed by atoms with Crippen LogP contribution in [0.4, 0.5) is 0 Å². The Morgan fingerprint density at radius 2 is 2.33 bits per heavy atom. The molecule has 0 aromatic rings. The fraction of sp³-hybridized carbons (Fsp3) is 1.00. The maximum Gasteiger partial charge on any atom is 0.0692 e. The lowest BCUT2D eigenvalue weighted by Crippen LogP contribution is -2.29. The highest BCUT2D eigenvalue weighted by Gasteiger charge is 2.28. The monoisotopic (exact) mass is 189 g/mol. The SMILES string of the molecule is CCSCCNCC(O)C1CC1. The number of hydrogen-bond donors (Lipinski definition) is 2. The highest BCUT2D eigenvalue weighted by atomic mass is 32.2. The summed E-state index contributed by atoms with van der Waals surface area (Å²) in [5.74, 6) is 2.96. The Bertz CT molecular complexity index is 117. The number of thioether (sulfide) groups is 1. The van der Waals surface area contributed by atoms with E-state index in [1.165, 1.54) is 18.6 Å². The molecule has 1 unspecified atom stereocenters. The van der Waals surface area contributed by atoms with E-state index < -0.39 is 0 Å². The van der Waals surface area contributed by atoms with Crippen LogP contribution in [0.25, 0.3) is 0 Å². The minimum absolute atomic E-state index is 0.0865. The van der Waals surface area contributed by atoms with Gasteiger partial charge in [-0.05, 0) is 24.5 Å². The third-order valence-electron chi connectivity index (χ3n) is 2.15. The Labute approximate surface area is 79.1 Å². The molecule has 2 N–H and O–H groups in total. The number of nitrogens with one attached hydrogen (secondary N) is 1. The normalized spacial score (nSPS) is 19.5. The van der Waals surface area contributed by atoms with Crippen LogP contribution < -0.4 is 5.32 Å². The average molecular weight is 189 g/mol. The van der Waals surface area contributed by atoms with Crippen molar-refractivity contribution in [2.75, 3.05) is 24.6 Å². The predicted molar refractivity (Wildman–Crippen MR) is 54.6 cm³/mol. The molecule has 0 aromatic carbocycles. The van der Waals surface area contributed by atoms with E-state index in [-0.39, 0.29) is 6.10 Å². The molecule has 0 radical (unpaired) electrons. The van der Waals surface area contributed by atoms with Gasteiger partial charge >= 0.3 is 0 Å². The summed E-state index contributed by atoms with van der Waals surface area (Å²) in [5.41, 5.74) is 0. The molecule has 0 saturated heterocycles. The summed E-state index contributed by atoms with van der Waals surface area (Å²) >= 11 is 1.94. The molecule has 1 aliphatic rings. The van der Waals surface area contributed by atoms with E-state index in [4.69, 9.17) is 0 Å². The Hall–Kier alpha value is 0.270. The van der Waals surface area contributed by atoms with Gasteiger partial charge in [-0.3, -0.25) is 0 Å². The van der Waals surface area contributed by atoms with Crippen LogP contribution >= 0.6 is 11.8 Å². The average Bonchev–Trinajstić information content (AvgIpc) is 2.86. The highest BCUT2D eigenvalue weighted by molar-refractivity contribution is 7.99. The van der Waals surface area contributed by atoms with Crippen molar-refractivity contribution in [3.8, 4) is 0 Å². The second-order valence-electron chi connectivity index (χ2n) is 3.31. The summed E-state index contributed by atoms with van der Waals surface area (Å²) in [7, 11) is 0. The summed E-state index contributed by atoms with van der Waals surface area (Å²) in [6, 6.07) is 0. The van der Waals surface area contributed by atoms with Gasteiger partial charge < -0.3 is 10.4 Å². The van der Waals surface area contributed by atoms with Crippen molar-refractivity contribution in [1.29, 1.82) is 0 Å². The van der Waals surface area contributed by atoms with E-state index in [1.54, 1.807) is 0 Å². The molecule has 1 saturated carbocycles. The highest BCUT2D eigenvalue weighted by Crippen LogP contribution is 2.32. The van der Waals surface area contributed by atoms with Crippen molar-refractivity contribution < 1.29 is 5.11 Å². The topological polar surface area (TPSA) is 32.3 Å². The number of hydrogen-bond acceptors (Lipinski definition) is 3. The Kier molecular flexibility index (Phi) is 5.04. The van der Waals surface area contributed by atoms with Crippen LogP contribution in [0.2, 0.25) is 0 Å². The summed E-state index contributed by atoms with van der Waals surface area (Å²) < 4.78 is 0. The summed E-state index contributed by atoms with van der Waals surface area (Å²) in [4.78, 5) is 0. The molecule has 3 heteroatoms. The zero-order valence-corrected chi connectivity index (χ0v) is 8.57. The first-order valence-corrected chi connectivity index (χ1v) is 5.96. The van der Waals surface area contributed by atoms with Crippen LogP contribution in [0.1, 0.15) is 19.8 Å². The summed E-state index contributed by atoms with van der Waals surface area (Å²) in [6.45, 7) is 3.99. The molecule has 1 aliphatic carbocycles. The van der Waals surface area contributed by atoms with Crippen molar-refractivity contribution in [3.05, 3.63) is 0 Å². The molecule has 0 bridgehead atoms. The molecule has 72 valence electrons. The minimum atomic E-state index is -0.0865. The zero-order valence-electron chi connectivity index (χ0n) is 7.75. The van der Waals surface area contributed by atoms with Crippen molar-refractivity contribution in [2.45, 2.75) is 25.9 Å². The van der Waals surface area contributed by atoms with Gasteiger partial charge in [0.25, 0.3) is 0 Å². The van der Waals surface area contributed by atoms with Crippen molar-refractivity contribution >= 4 is 11.8 Å². The number of aliphatic hydroxyl groups excluding tert-OH is 1. The quantitative estimate of drug-likeness (QED) is 0.588. The Morgan fingerprint density at radius 3 is 2.92 bits per heavy atom. The first kappa shape index (κ1) is 10.4. The minimum Gasteiger partial charge on any atom is -0.392 e. The fourth-order valence-electron chi connectivity index (χ4n) is 1.19. The Balaban J connectivity index is 1.81. The molecule has 1 fully saturated rings. The van der Waals surface area contributed by atoms with E-state index in [0.29, 0.717) is 5.92 Å². The van der Waals surface area contributed by atoms with Gasteiger partial charge in [-0.15, -0.1) is 0 Å². The van der Waals surface area contributed by atoms with Gasteiger partial charge in [-0.2, -0.15) is 11.8 Å². The molecular formula is C9H19NOS. The van der Waals surface area contributed by atoms with E-state index in [9.17, 15) is 5.11 Å². The molecule has 0 spiro atoms. The van der Waals surface area contributed by atoms with Crippen LogP contribution in [0.3, 0.4) is 0 Å². The molecule has 1 rings (SSSR count). The summed E-state index contributed by atoms with van der Waals surface area (Å²) in [6.07, 6.45) is 2.37. The summed E-state index contributed by atoms with van der Waals surface area (Å²) in [5, 5.41) is 12.7. The van der Waals surface area contributed by atoms with Crippen LogP contribution in [0.15, 0.2) is 0 Å². The molecule has 1 atom stereocenters. The number of rotatable bonds is 7. The lowest BCUT2D eigenvalue weighted by Gasteiger charge is -2.09.